The fraction of sp³-hybridized carbons (Fsp3) is 0.571. The van der Waals surface area contributed by atoms with Crippen molar-refractivity contribution >= 4 is 15.7 Å². The number of hydrogen-bond donors (Lipinski definition) is 3. The lowest BCUT2D eigenvalue weighted by molar-refractivity contribution is 0.456. The average Bonchev–Trinajstić information content (AvgIpc) is 2.85. The Balaban J connectivity index is 1.57. The van der Waals surface area contributed by atoms with E-state index < -0.39 is 10.0 Å². The number of benzene rings is 1. The minimum absolute atomic E-state index is 0.150. The van der Waals surface area contributed by atoms with Crippen LogP contribution in [0.5, 0.6) is 0 Å². The van der Waals surface area contributed by atoms with E-state index in [1.807, 2.05) is 0 Å². The molecule has 1 aromatic rings. The molecule has 4 atom stereocenters. The van der Waals surface area contributed by atoms with E-state index >= 15 is 0 Å². The number of anilines is 1. The fourth-order valence-corrected chi connectivity index (χ4v) is 6.02. The van der Waals surface area contributed by atoms with Crippen LogP contribution in [0.25, 0.3) is 0 Å². The van der Waals surface area contributed by atoms with Gasteiger partial charge in [0.25, 0.3) is 0 Å². The number of nitrogens with one attached hydrogen (secondary N) is 2. The first-order valence-corrected chi connectivity index (χ1v) is 8.68. The van der Waals surface area contributed by atoms with Crippen LogP contribution in [0.3, 0.4) is 0 Å². The van der Waals surface area contributed by atoms with Crippen molar-refractivity contribution in [3.05, 3.63) is 24.3 Å². The molecule has 0 amide bonds. The van der Waals surface area contributed by atoms with Crippen molar-refractivity contribution in [1.82, 2.24) is 4.72 Å². The third kappa shape index (κ3) is 1.71. The molecule has 20 heavy (non-hydrogen) atoms. The molecule has 3 aliphatic carbocycles. The maximum absolute atomic E-state index is 12.5. The third-order valence-corrected chi connectivity index (χ3v) is 6.88. The van der Waals surface area contributed by atoms with E-state index in [1.165, 1.54) is 19.3 Å². The molecule has 0 saturated heterocycles. The molecule has 0 radical (unpaired) electrons. The van der Waals surface area contributed by atoms with Crippen molar-refractivity contribution in [1.29, 1.82) is 0 Å². The molecule has 1 aromatic carbocycles. The van der Waals surface area contributed by atoms with Gasteiger partial charge >= 0.3 is 0 Å². The van der Waals surface area contributed by atoms with Crippen molar-refractivity contribution in [2.24, 2.45) is 29.5 Å². The molecule has 2 bridgehead atoms. The molecule has 3 saturated carbocycles. The molecule has 3 fully saturated rings. The Labute approximate surface area is 119 Å². The Kier molecular flexibility index (Phi) is 2.64. The van der Waals surface area contributed by atoms with Crippen LogP contribution in [-0.2, 0) is 10.0 Å². The van der Waals surface area contributed by atoms with Gasteiger partial charge in [-0.15, -0.1) is 0 Å². The molecule has 108 valence electrons. The summed E-state index contributed by atoms with van der Waals surface area (Å²) in [7, 11) is -3.49. The SMILES string of the molecule is NNc1ccccc1S(=O)(=O)NC1C2C3CCC(C3)C12. The fourth-order valence-electron chi connectivity index (χ4n) is 4.55. The quantitative estimate of drug-likeness (QED) is 0.577. The Morgan fingerprint density at radius 2 is 1.75 bits per heavy atom. The van der Waals surface area contributed by atoms with Gasteiger partial charge in [-0.25, -0.2) is 13.1 Å². The first-order valence-electron chi connectivity index (χ1n) is 7.20. The number of fused-ring (bicyclic) bond motifs is 5. The standard InChI is InChI=1S/C14H19N3O2S/c15-16-10-3-1-2-4-11(10)20(18,19)17-14-12-8-5-6-9(7-8)13(12)14/h1-4,8-9,12-14,16-17H,5-7,15H2. The first-order chi connectivity index (χ1) is 9.62. The molecule has 4 unspecified atom stereocenters. The van der Waals surface area contributed by atoms with Crippen molar-refractivity contribution in [2.75, 3.05) is 5.43 Å². The molecule has 3 aliphatic rings. The maximum atomic E-state index is 12.5. The van der Waals surface area contributed by atoms with Gasteiger partial charge in [0.05, 0.1) is 5.69 Å². The van der Waals surface area contributed by atoms with Gasteiger partial charge in [0.2, 0.25) is 10.0 Å². The van der Waals surface area contributed by atoms with E-state index in [9.17, 15) is 8.42 Å². The monoisotopic (exact) mass is 293 g/mol. The number of hydrogen-bond acceptors (Lipinski definition) is 4. The molecule has 0 aliphatic heterocycles. The molecule has 6 heteroatoms. The normalized spacial score (nSPS) is 37.8. The van der Waals surface area contributed by atoms with Crippen LogP contribution in [0.2, 0.25) is 0 Å². The van der Waals surface area contributed by atoms with E-state index in [0.29, 0.717) is 17.5 Å². The topological polar surface area (TPSA) is 84.2 Å². The predicted molar refractivity (Wildman–Crippen MR) is 76.2 cm³/mol. The summed E-state index contributed by atoms with van der Waals surface area (Å²) >= 11 is 0. The number of rotatable bonds is 4. The second-order valence-corrected chi connectivity index (χ2v) is 7.96. The average molecular weight is 293 g/mol. The summed E-state index contributed by atoms with van der Waals surface area (Å²) in [5, 5.41) is 0. The second kappa shape index (κ2) is 4.19. The molecule has 5 nitrogen and oxygen atoms in total. The Morgan fingerprint density at radius 3 is 2.40 bits per heavy atom. The first kappa shape index (κ1) is 12.6. The summed E-state index contributed by atoms with van der Waals surface area (Å²) in [6.45, 7) is 0. The van der Waals surface area contributed by atoms with E-state index in [-0.39, 0.29) is 10.9 Å². The van der Waals surface area contributed by atoms with Crippen LogP contribution in [0, 0.1) is 23.7 Å². The van der Waals surface area contributed by atoms with Gasteiger partial charge in [0.15, 0.2) is 0 Å². The van der Waals surface area contributed by atoms with Crippen molar-refractivity contribution in [2.45, 2.75) is 30.2 Å². The Bertz CT molecular complexity index is 630. The maximum Gasteiger partial charge on any atom is 0.242 e. The largest absolute Gasteiger partial charge is 0.323 e. The van der Waals surface area contributed by atoms with E-state index in [4.69, 9.17) is 5.84 Å². The number of nitrogens with two attached hydrogens (primary N) is 1. The van der Waals surface area contributed by atoms with Gasteiger partial charge in [-0.3, -0.25) is 5.84 Å². The van der Waals surface area contributed by atoms with Gasteiger partial charge in [-0.05, 0) is 55.1 Å². The highest BCUT2D eigenvalue weighted by Crippen LogP contribution is 2.65. The van der Waals surface area contributed by atoms with Crippen LogP contribution >= 0.6 is 0 Å². The summed E-state index contributed by atoms with van der Waals surface area (Å²) in [5.74, 6) is 8.07. The third-order valence-electron chi connectivity index (χ3n) is 5.36. The molecule has 0 spiro atoms. The Hall–Kier alpha value is -1.11. The van der Waals surface area contributed by atoms with Gasteiger partial charge < -0.3 is 5.43 Å². The lowest BCUT2D eigenvalue weighted by Crippen LogP contribution is -2.31. The zero-order valence-electron chi connectivity index (χ0n) is 11.1. The molecular formula is C14H19N3O2S. The van der Waals surface area contributed by atoms with Crippen LogP contribution < -0.4 is 16.0 Å². The number of nitrogen functional groups attached to an aromatic ring is 1. The van der Waals surface area contributed by atoms with Gasteiger partial charge in [0, 0.05) is 6.04 Å². The summed E-state index contributed by atoms with van der Waals surface area (Å²) < 4.78 is 27.9. The number of sulfonamides is 1. The van der Waals surface area contributed by atoms with Gasteiger partial charge in [-0.1, -0.05) is 12.1 Å². The van der Waals surface area contributed by atoms with Gasteiger partial charge in [0.1, 0.15) is 4.90 Å². The van der Waals surface area contributed by atoms with Crippen LogP contribution in [0.15, 0.2) is 29.2 Å². The minimum Gasteiger partial charge on any atom is -0.323 e. The highest BCUT2D eigenvalue weighted by molar-refractivity contribution is 7.89. The predicted octanol–water partition coefficient (Wildman–Crippen LogP) is 1.29. The minimum atomic E-state index is -3.49. The molecule has 0 aromatic heterocycles. The highest BCUT2D eigenvalue weighted by atomic mass is 32.2. The number of hydrazine groups is 1. The smallest absolute Gasteiger partial charge is 0.242 e. The number of para-hydroxylation sites is 1. The lowest BCUT2D eigenvalue weighted by Gasteiger charge is -2.13. The molecule has 0 heterocycles. The summed E-state index contributed by atoms with van der Waals surface area (Å²) in [5.41, 5.74) is 2.90. The van der Waals surface area contributed by atoms with Crippen molar-refractivity contribution in [3.63, 3.8) is 0 Å². The van der Waals surface area contributed by atoms with Crippen molar-refractivity contribution in [3.8, 4) is 0 Å². The zero-order chi connectivity index (χ0) is 13.9. The van der Waals surface area contributed by atoms with Crippen LogP contribution in [-0.4, -0.2) is 14.5 Å². The molecule has 4 rings (SSSR count). The van der Waals surface area contributed by atoms with Gasteiger partial charge in [-0.2, -0.15) is 0 Å². The van der Waals surface area contributed by atoms with E-state index in [2.05, 4.69) is 10.1 Å². The lowest BCUT2D eigenvalue weighted by atomic mass is 10.0. The van der Waals surface area contributed by atoms with Crippen LogP contribution in [0.1, 0.15) is 19.3 Å². The highest BCUT2D eigenvalue weighted by Gasteiger charge is 2.65. The summed E-state index contributed by atoms with van der Waals surface area (Å²) in [6, 6.07) is 6.89. The van der Waals surface area contributed by atoms with Crippen molar-refractivity contribution < 1.29 is 8.42 Å². The Morgan fingerprint density at radius 1 is 1.10 bits per heavy atom. The van der Waals surface area contributed by atoms with E-state index in [1.54, 1.807) is 24.3 Å². The van der Waals surface area contributed by atoms with E-state index in [0.717, 1.165) is 11.8 Å². The molecule has 4 N–H and O–H groups in total. The van der Waals surface area contributed by atoms with Crippen LogP contribution in [0.4, 0.5) is 5.69 Å². The summed E-state index contributed by atoms with van der Waals surface area (Å²) in [6.07, 6.45) is 3.88. The second-order valence-electron chi connectivity index (χ2n) is 6.28. The summed E-state index contributed by atoms with van der Waals surface area (Å²) in [4.78, 5) is 0.236. The zero-order valence-corrected chi connectivity index (χ0v) is 11.9. The molecular weight excluding hydrogens is 274 g/mol.